The Balaban J connectivity index is 1.26. The first-order valence-electron chi connectivity index (χ1n) is 10.3. The molecule has 1 aliphatic heterocycles. The monoisotopic (exact) mass is 411 g/mol. The van der Waals surface area contributed by atoms with E-state index >= 15 is 0 Å². The Labute approximate surface area is 174 Å². The second-order valence-electron chi connectivity index (χ2n) is 7.85. The number of aryl methyl sites for hydroxylation is 1. The third-order valence-electron chi connectivity index (χ3n) is 5.33. The number of amides is 2. The van der Waals surface area contributed by atoms with Crippen molar-refractivity contribution in [1.82, 2.24) is 25.3 Å². The smallest absolute Gasteiger partial charge is 0.317 e. The number of H-pyrrole nitrogens is 1. The van der Waals surface area contributed by atoms with Crippen LogP contribution in [-0.2, 0) is 6.42 Å². The SMILES string of the molecule is CC(C)c1noc(CCCNC(=O)N2CC=C(c3c[nH]c4cc(F)ccc34)CC2)n1. The van der Waals surface area contributed by atoms with E-state index in [1.807, 2.05) is 20.0 Å². The number of nitrogens with one attached hydrogen (secondary N) is 2. The topological polar surface area (TPSA) is 87.0 Å². The van der Waals surface area contributed by atoms with Crippen molar-refractivity contribution in [2.45, 2.75) is 39.0 Å². The maximum absolute atomic E-state index is 13.4. The van der Waals surface area contributed by atoms with E-state index in [2.05, 4.69) is 26.5 Å². The molecule has 0 saturated heterocycles. The number of hydrogen-bond donors (Lipinski definition) is 2. The fraction of sp³-hybridized carbons (Fsp3) is 0.409. The van der Waals surface area contributed by atoms with E-state index < -0.39 is 0 Å². The van der Waals surface area contributed by atoms with Gasteiger partial charge in [-0.15, -0.1) is 0 Å². The van der Waals surface area contributed by atoms with Crippen molar-refractivity contribution >= 4 is 22.5 Å². The van der Waals surface area contributed by atoms with Crippen molar-refractivity contribution in [3.63, 3.8) is 0 Å². The Morgan fingerprint density at radius 3 is 3.00 bits per heavy atom. The van der Waals surface area contributed by atoms with E-state index in [0.29, 0.717) is 37.8 Å². The van der Waals surface area contributed by atoms with Crippen LogP contribution in [0.15, 0.2) is 35.0 Å². The van der Waals surface area contributed by atoms with Gasteiger partial charge in [-0.25, -0.2) is 9.18 Å². The largest absolute Gasteiger partial charge is 0.360 e. The molecule has 30 heavy (non-hydrogen) atoms. The summed E-state index contributed by atoms with van der Waals surface area (Å²) in [6.45, 7) is 5.79. The molecule has 0 unspecified atom stereocenters. The number of rotatable bonds is 6. The minimum Gasteiger partial charge on any atom is -0.360 e. The summed E-state index contributed by atoms with van der Waals surface area (Å²) in [5, 5.41) is 7.91. The highest BCUT2D eigenvalue weighted by molar-refractivity contribution is 5.93. The van der Waals surface area contributed by atoms with Crippen LogP contribution in [0.25, 0.3) is 16.5 Å². The van der Waals surface area contributed by atoms with Crippen LogP contribution in [0, 0.1) is 5.82 Å². The summed E-state index contributed by atoms with van der Waals surface area (Å²) in [4.78, 5) is 21.7. The minimum absolute atomic E-state index is 0.0697. The molecular weight excluding hydrogens is 385 g/mol. The zero-order valence-electron chi connectivity index (χ0n) is 17.2. The summed E-state index contributed by atoms with van der Waals surface area (Å²) < 4.78 is 18.6. The Morgan fingerprint density at radius 2 is 2.27 bits per heavy atom. The van der Waals surface area contributed by atoms with E-state index in [9.17, 15) is 9.18 Å². The molecule has 0 atom stereocenters. The first kappa shape index (κ1) is 20.1. The first-order valence-corrected chi connectivity index (χ1v) is 10.3. The van der Waals surface area contributed by atoms with E-state index in [4.69, 9.17) is 4.52 Å². The number of carbonyl (C=O) groups is 1. The number of benzene rings is 1. The number of carbonyl (C=O) groups excluding carboxylic acids is 1. The van der Waals surface area contributed by atoms with Gasteiger partial charge in [0.2, 0.25) is 5.89 Å². The van der Waals surface area contributed by atoms with Crippen molar-refractivity contribution in [2.75, 3.05) is 19.6 Å². The van der Waals surface area contributed by atoms with Gasteiger partial charge in [0.25, 0.3) is 0 Å². The molecule has 1 aromatic carbocycles. The molecule has 3 heterocycles. The number of urea groups is 1. The predicted molar refractivity (Wildman–Crippen MR) is 113 cm³/mol. The molecule has 0 aliphatic carbocycles. The Kier molecular flexibility index (Phi) is 5.83. The number of hydrogen-bond acceptors (Lipinski definition) is 4. The quantitative estimate of drug-likeness (QED) is 0.594. The van der Waals surface area contributed by atoms with Gasteiger partial charge in [0.05, 0.1) is 0 Å². The molecule has 0 saturated carbocycles. The molecule has 3 aromatic rings. The van der Waals surface area contributed by atoms with E-state index in [1.165, 1.54) is 17.7 Å². The zero-order valence-corrected chi connectivity index (χ0v) is 17.2. The summed E-state index contributed by atoms with van der Waals surface area (Å²) in [7, 11) is 0. The van der Waals surface area contributed by atoms with Gasteiger partial charge in [0.1, 0.15) is 5.82 Å². The van der Waals surface area contributed by atoms with Gasteiger partial charge in [-0.3, -0.25) is 0 Å². The van der Waals surface area contributed by atoms with Crippen molar-refractivity contribution in [3.8, 4) is 0 Å². The molecule has 158 valence electrons. The molecule has 2 amide bonds. The lowest BCUT2D eigenvalue weighted by atomic mass is 9.99. The standard InChI is InChI=1S/C22H26FN5O2/c1-14(2)21-26-20(30-27-21)4-3-9-24-22(29)28-10-7-15(8-11-28)18-13-25-19-12-16(23)5-6-17(18)19/h5-7,12-14,25H,3-4,8-11H2,1-2H3,(H,24,29). The Bertz CT molecular complexity index is 1070. The third kappa shape index (κ3) is 4.37. The fourth-order valence-electron chi connectivity index (χ4n) is 3.61. The van der Waals surface area contributed by atoms with Crippen LogP contribution in [0.3, 0.4) is 0 Å². The average Bonchev–Trinajstić information content (AvgIpc) is 3.38. The van der Waals surface area contributed by atoms with Gasteiger partial charge in [0.15, 0.2) is 5.82 Å². The summed E-state index contributed by atoms with van der Waals surface area (Å²) in [6.07, 6.45) is 6.13. The van der Waals surface area contributed by atoms with Gasteiger partial charge in [0, 0.05) is 54.6 Å². The minimum atomic E-state index is -0.254. The summed E-state index contributed by atoms with van der Waals surface area (Å²) >= 11 is 0. The van der Waals surface area contributed by atoms with Gasteiger partial charge >= 0.3 is 6.03 Å². The molecule has 2 aromatic heterocycles. The maximum Gasteiger partial charge on any atom is 0.317 e. The summed E-state index contributed by atoms with van der Waals surface area (Å²) in [5.41, 5.74) is 3.03. The number of aromatic amines is 1. The molecule has 0 radical (unpaired) electrons. The second kappa shape index (κ2) is 8.69. The molecule has 4 rings (SSSR count). The predicted octanol–water partition coefficient (Wildman–Crippen LogP) is 4.24. The molecule has 0 spiro atoms. The van der Waals surface area contributed by atoms with E-state index in [1.54, 1.807) is 11.0 Å². The highest BCUT2D eigenvalue weighted by atomic mass is 19.1. The lowest BCUT2D eigenvalue weighted by Gasteiger charge is -2.26. The third-order valence-corrected chi connectivity index (χ3v) is 5.33. The fourth-order valence-corrected chi connectivity index (χ4v) is 3.61. The van der Waals surface area contributed by atoms with E-state index in [0.717, 1.165) is 29.3 Å². The number of nitrogens with zero attached hydrogens (tertiary/aromatic N) is 3. The lowest BCUT2D eigenvalue weighted by molar-refractivity contribution is 0.203. The lowest BCUT2D eigenvalue weighted by Crippen LogP contribution is -2.42. The summed E-state index contributed by atoms with van der Waals surface area (Å²) in [5.74, 6) is 1.31. The zero-order chi connectivity index (χ0) is 21.1. The van der Waals surface area contributed by atoms with Crippen molar-refractivity contribution in [2.24, 2.45) is 0 Å². The van der Waals surface area contributed by atoms with Crippen molar-refractivity contribution in [1.29, 1.82) is 0 Å². The average molecular weight is 411 g/mol. The van der Waals surface area contributed by atoms with Gasteiger partial charge in [-0.2, -0.15) is 4.98 Å². The number of fused-ring (bicyclic) bond motifs is 1. The highest BCUT2D eigenvalue weighted by Gasteiger charge is 2.19. The van der Waals surface area contributed by atoms with Crippen LogP contribution in [0.1, 0.15) is 49.9 Å². The molecule has 1 aliphatic rings. The van der Waals surface area contributed by atoms with Gasteiger partial charge < -0.3 is 19.7 Å². The van der Waals surface area contributed by atoms with Gasteiger partial charge in [-0.05, 0) is 36.6 Å². The van der Waals surface area contributed by atoms with E-state index in [-0.39, 0.29) is 17.8 Å². The Hall–Kier alpha value is -3.16. The van der Waals surface area contributed by atoms with Crippen molar-refractivity contribution in [3.05, 3.63) is 53.6 Å². The number of aromatic nitrogens is 3. The van der Waals surface area contributed by atoms with Crippen LogP contribution in [0.2, 0.25) is 0 Å². The Morgan fingerprint density at radius 1 is 1.40 bits per heavy atom. The molecular formula is C22H26FN5O2. The second-order valence-corrected chi connectivity index (χ2v) is 7.85. The number of halogens is 1. The maximum atomic E-state index is 13.4. The normalized spacial score (nSPS) is 14.4. The molecule has 2 N–H and O–H groups in total. The van der Waals surface area contributed by atoms with Crippen LogP contribution in [-0.4, -0.2) is 45.7 Å². The molecule has 0 fully saturated rings. The van der Waals surface area contributed by atoms with Crippen LogP contribution >= 0.6 is 0 Å². The first-order chi connectivity index (χ1) is 14.5. The molecule has 8 heteroatoms. The van der Waals surface area contributed by atoms with Crippen LogP contribution in [0.5, 0.6) is 0 Å². The summed E-state index contributed by atoms with van der Waals surface area (Å²) in [6, 6.07) is 4.70. The van der Waals surface area contributed by atoms with Crippen LogP contribution in [0.4, 0.5) is 9.18 Å². The van der Waals surface area contributed by atoms with Gasteiger partial charge in [-0.1, -0.05) is 25.1 Å². The van der Waals surface area contributed by atoms with Crippen molar-refractivity contribution < 1.29 is 13.7 Å². The molecule has 0 bridgehead atoms. The van der Waals surface area contributed by atoms with Crippen LogP contribution < -0.4 is 5.32 Å². The highest BCUT2D eigenvalue weighted by Crippen LogP contribution is 2.29. The molecule has 7 nitrogen and oxygen atoms in total.